The third-order valence-electron chi connectivity index (χ3n) is 2.45. The number of aromatic nitrogens is 2. The van der Waals surface area contributed by atoms with E-state index in [1.54, 1.807) is 17.4 Å². The molecule has 0 amide bonds. The zero-order chi connectivity index (χ0) is 13.4. The minimum atomic E-state index is -0.942. The van der Waals surface area contributed by atoms with Crippen LogP contribution in [0, 0.1) is 0 Å². The number of nitrogens with zero attached hydrogens (tertiary/aromatic N) is 3. The van der Waals surface area contributed by atoms with Crippen molar-refractivity contribution in [2.75, 3.05) is 19.6 Å². The van der Waals surface area contributed by atoms with Gasteiger partial charge < -0.3 is 14.8 Å². The summed E-state index contributed by atoms with van der Waals surface area (Å²) in [5.41, 5.74) is 0. The topological polar surface area (TPSA) is 95.7 Å². The summed E-state index contributed by atoms with van der Waals surface area (Å²) in [7, 11) is 0. The first-order chi connectivity index (χ1) is 8.58. The van der Waals surface area contributed by atoms with E-state index in [0.29, 0.717) is 6.54 Å². The molecular weight excluding hydrogens is 238 g/mol. The summed E-state index contributed by atoms with van der Waals surface area (Å²) in [6, 6.07) is 0. The first kappa shape index (κ1) is 14.2. The molecule has 0 aromatic carbocycles. The Bertz CT molecular complexity index is 378. The Morgan fingerprint density at radius 1 is 1.22 bits per heavy atom. The molecule has 18 heavy (non-hydrogen) atoms. The SMILES string of the molecule is O=C(O)CCN(CCCn1ccnc1)CC(=O)O. The summed E-state index contributed by atoms with van der Waals surface area (Å²) in [6.07, 6.45) is 5.92. The molecular formula is C11H17N3O4. The second kappa shape index (κ2) is 7.44. The van der Waals surface area contributed by atoms with E-state index in [2.05, 4.69) is 4.98 Å². The Hall–Kier alpha value is -1.89. The van der Waals surface area contributed by atoms with Crippen LogP contribution in [0.1, 0.15) is 12.8 Å². The molecule has 1 aromatic rings. The second-order valence-corrected chi connectivity index (χ2v) is 3.97. The Labute approximate surface area is 105 Å². The number of carboxylic acid groups (broad SMARTS) is 2. The molecule has 0 aliphatic carbocycles. The van der Waals surface area contributed by atoms with Crippen LogP contribution in [0.15, 0.2) is 18.7 Å². The normalized spacial score (nSPS) is 10.7. The van der Waals surface area contributed by atoms with Crippen molar-refractivity contribution in [3.63, 3.8) is 0 Å². The molecule has 0 aliphatic heterocycles. The van der Waals surface area contributed by atoms with Gasteiger partial charge in [-0.2, -0.15) is 0 Å². The molecule has 0 spiro atoms. The first-order valence-corrected chi connectivity index (χ1v) is 5.69. The van der Waals surface area contributed by atoms with Crippen molar-refractivity contribution in [3.8, 4) is 0 Å². The minimum Gasteiger partial charge on any atom is -0.481 e. The lowest BCUT2D eigenvalue weighted by atomic mass is 10.3. The number of aryl methyl sites for hydroxylation is 1. The lowest BCUT2D eigenvalue weighted by molar-refractivity contribution is -0.141. The van der Waals surface area contributed by atoms with Gasteiger partial charge in [0.2, 0.25) is 0 Å². The number of imidazole rings is 1. The van der Waals surface area contributed by atoms with E-state index in [1.165, 1.54) is 0 Å². The number of carbonyl (C=O) groups is 2. The van der Waals surface area contributed by atoms with E-state index in [1.807, 2.05) is 10.8 Å². The molecule has 7 heteroatoms. The van der Waals surface area contributed by atoms with Crippen LogP contribution in [-0.4, -0.2) is 56.2 Å². The summed E-state index contributed by atoms with van der Waals surface area (Å²) in [5.74, 6) is -1.86. The van der Waals surface area contributed by atoms with Gasteiger partial charge in [0.05, 0.1) is 19.3 Å². The van der Waals surface area contributed by atoms with Crippen molar-refractivity contribution in [3.05, 3.63) is 18.7 Å². The fourth-order valence-corrected chi connectivity index (χ4v) is 1.61. The highest BCUT2D eigenvalue weighted by Crippen LogP contribution is 1.97. The van der Waals surface area contributed by atoms with Crippen molar-refractivity contribution in [2.24, 2.45) is 0 Å². The maximum atomic E-state index is 10.6. The standard InChI is InChI=1S/C11H17N3O4/c15-10(16)2-6-13(8-11(17)18)4-1-5-14-7-3-12-9-14/h3,7,9H,1-2,4-6,8H2,(H,15,16)(H,17,18). The highest BCUT2D eigenvalue weighted by atomic mass is 16.4. The second-order valence-electron chi connectivity index (χ2n) is 3.97. The zero-order valence-electron chi connectivity index (χ0n) is 10.0. The highest BCUT2D eigenvalue weighted by Gasteiger charge is 2.10. The van der Waals surface area contributed by atoms with E-state index in [9.17, 15) is 9.59 Å². The Kier molecular flexibility index (Phi) is 5.86. The largest absolute Gasteiger partial charge is 0.481 e. The van der Waals surface area contributed by atoms with Crippen LogP contribution < -0.4 is 0 Å². The van der Waals surface area contributed by atoms with Gasteiger partial charge in [-0.3, -0.25) is 14.5 Å². The summed E-state index contributed by atoms with van der Waals surface area (Å²) < 4.78 is 1.90. The molecule has 0 saturated heterocycles. The van der Waals surface area contributed by atoms with E-state index < -0.39 is 11.9 Å². The molecule has 7 nitrogen and oxygen atoms in total. The average molecular weight is 255 g/mol. The quantitative estimate of drug-likeness (QED) is 0.651. The molecule has 0 aliphatic rings. The van der Waals surface area contributed by atoms with Crippen molar-refractivity contribution < 1.29 is 19.8 Å². The number of rotatable bonds is 9. The summed E-state index contributed by atoms with van der Waals surface area (Å²) >= 11 is 0. The van der Waals surface area contributed by atoms with E-state index >= 15 is 0 Å². The van der Waals surface area contributed by atoms with Gasteiger partial charge in [-0.05, 0) is 6.42 Å². The summed E-state index contributed by atoms with van der Waals surface area (Å²) in [5, 5.41) is 17.3. The number of carboxylic acids is 2. The van der Waals surface area contributed by atoms with Crippen molar-refractivity contribution in [1.82, 2.24) is 14.5 Å². The summed E-state index contributed by atoms with van der Waals surface area (Å²) in [6.45, 7) is 1.42. The Balaban J connectivity index is 2.30. The van der Waals surface area contributed by atoms with Crippen molar-refractivity contribution in [2.45, 2.75) is 19.4 Å². The fourth-order valence-electron chi connectivity index (χ4n) is 1.61. The van der Waals surface area contributed by atoms with Crippen LogP contribution in [0.25, 0.3) is 0 Å². The zero-order valence-corrected chi connectivity index (χ0v) is 10.0. The number of hydrogen-bond donors (Lipinski definition) is 2. The van der Waals surface area contributed by atoms with Crippen LogP contribution in [0.2, 0.25) is 0 Å². The molecule has 0 atom stereocenters. The van der Waals surface area contributed by atoms with Crippen LogP contribution in [0.5, 0.6) is 0 Å². The van der Waals surface area contributed by atoms with Gasteiger partial charge in [0.1, 0.15) is 0 Å². The van der Waals surface area contributed by atoms with Gasteiger partial charge in [0.25, 0.3) is 0 Å². The molecule has 1 rings (SSSR count). The molecule has 1 heterocycles. The molecule has 1 aromatic heterocycles. The minimum absolute atomic E-state index is 0.0433. The van der Waals surface area contributed by atoms with Crippen molar-refractivity contribution in [1.29, 1.82) is 0 Å². The van der Waals surface area contributed by atoms with Crippen LogP contribution in [0.4, 0.5) is 0 Å². The van der Waals surface area contributed by atoms with Gasteiger partial charge in [0, 0.05) is 32.0 Å². The van der Waals surface area contributed by atoms with E-state index in [0.717, 1.165) is 13.0 Å². The molecule has 0 fully saturated rings. The predicted octanol–water partition coefficient (Wildman–Crippen LogP) is 0.134. The smallest absolute Gasteiger partial charge is 0.317 e. The van der Waals surface area contributed by atoms with Gasteiger partial charge in [-0.1, -0.05) is 0 Å². The van der Waals surface area contributed by atoms with Gasteiger partial charge in [-0.15, -0.1) is 0 Å². The predicted molar refractivity (Wildman–Crippen MR) is 63.2 cm³/mol. The molecule has 0 unspecified atom stereocenters. The molecule has 0 radical (unpaired) electrons. The monoisotopic (exact) mass is 255 g/mol. The lowest BCUT2D eigenvalue weighted by Crippen LogP contribution is -2.33. The van der Waals surface area contributed by atoms with Crippen LogP contribution in [-0.2, 0) is 16.1 Å². The molecule has 2 N–H and O–H groups in total. The lowest BCUT2D eigenvalue weighted by Gasteiger charge is -2.19. The van der Waals surface area contributed by atoms with Gasteiger partial charge in [-0.25, -0.2) is 4.98 Å². The number of hydrogen-bond acceptors (Lipinski definition) is 4. The maximum absolute atomic E-state index is 10.6. The molecule has 0 saturated carbocycles. The van der Waals surface area contributed by atoms with E-state index in [-0.39, 0.29) is 19.5 Å². The number of aliphatic carboxylic acids is 2. The Morgan fingerprint density at radius 2 is 2.00 bits per heavy atom. The van der Waals surface area contributed by atoms with Crippen molar-refractivity contribution >= 4 is 11.9 Å². The fraction of sp³-hybridized carbons (Fsp3) is 0.545. The van der Waals surface area contributed by atoms with Crippen LogP contribution in [0.3, 0.4) is 0 Å². The van der Waals surface area contributed by atoms with Gasteiger partial charge >= 0.3 is 11.9 Å². The van der Waals surface area contributed by atoms with Gasteiger partial charge in [0.15, 0.2) is 0 Å². The molecule has 0 bridgehead atoms. The summed E-state index contributed by atoms with van der Waals surface area (Å²) in [4.78, 5) is 26.6. The molecule has 100 valence electrons. The van der Waals surface area contributed by atoms with Crippen LogP contribution >= 0.6 is 0 Å². The van der Waals surface area contributed by atoms with E-state index in [4.69, 9.17) is 10.2 Å². The average Bonchev–Trinajstić information content (AvgIpc) is 2.77. The third-order valence-corrected chi connectivity index (χ3v) is 2.45. The third kappa shape index (κ3) is 6.00. The maximum Gasteiger partial charge on any atom is 0.317 e. The first-order valence-electron chi connectivity index (χ1n) is 5.69. The Morgan fingerprint density at radius 3 is 2.56 bits per heavy atom. The highest BCUT2D eigenvalue weighted by molar-refractivity contribution is 5.69.